The van der Waals surface area contributed by atoms with E-state index in [2.05, 4.69) is 5.32 Å². The first-order valence-electron chi connectivity index (χ1n) is 9.35. The number of hydrogen-bond donors (Lipinski definition) is 1. The summed E-state index contributed by atoms with van der Waals surface area (Å²) in [5.41, 5.74) is -0.274. The largest absolute Gasteiger partial charge is 0.325 e. The van der Waals surface area contributed by atoms with Crippen molar-refractivity contribution in [2.75, 3.05) is 18.0 Å². The number of imide groups is 1. The second kappa shape index (κ2) is 9.17. The highest BCUT2D eigenvalue weighted by molar-refractivity contribution is 6.10. The highest BCUT2D eigenvalue weighted by atomic mass is 16.2. The summed E-state index contributed by atoms with van der Waals surface area (Å²) in [6.45, 7) is 3.80. The molecule has 1 aromatic carbocycles. The summed E-state index contributed by atoms with van der Waals surface area (Å²) < 4.78 is 0. The zero-order chi connectivity index (χ0) is 19.9. The Morgan fingerprint density at radius 1 is 1.19 bits per heavy atom. The van der Waals surface area contributed by atoms with Crippen LogP contribution < -0.4 is 10.2 Å². The topological polar surface area (TPSA) is 93.5 Å². The van der Waals surface area contributed by atoms with Gasteiger partial charge < -0.3 is 10.2 Å². The van der Waals surface area contributed by atoms with Crippen LogP contribution in [0.1, 0.15) is 46.0 Å². The third kappa shape index (κ3) is 4.45. The first kappa shape index (κ1) is 20.4. The molecule has 0 atom stereocenters. The van der Waals surface area contributed by atoms with Gasteiger partial charge in [-0.2, -0.15) is 5.26 Å². The minimum atomic E-state index is -0.912. The van der Waals surface area contributed by atoms with Gasteiger partial charge in [0.15, 0.2) is 0 Å². The molecule has 0 aliphatic carbocycles. The van der Waals surface area contributed by atoms with E-state index < -0.39 is 11.6 Å². The molecule has 0 saturated carbocycles. The number of carbonyl (C=O) groups excluding carboxylic acids is 3. The molecule has 0 spiro atoms. The fourth-order valence-corrected chi connectivity index (χ4v) is 3.53. The van der Waals surface area contributed by atoms with Crippen molar-refractivity contribution >= 4 is 23.5 Å². The van der Waals surface area contributed by atoms with E-state index in [4.69, 9.17) is 5.26 Å². The molecule has 0 radical (unpaired) electrons. The van der Waals surface area contributed by atoms with Crippen molar-refractivity contribution in [1.82, 2.24) is 10.2 Å². The van der Waals surface area contributed by atoms with Gasteiger partial charge in [0.25, 0.3) is 5.91 Å². The van der Waals surface area contributed by atoms with Crippen molar-refractivity contribution in [2.45, 2.75) is 51.5 Å². The second-order valence-electron chi connectivity index (χ2n) is 6.69. The smallest absolute Gasteiger partial charge is 0.323 e. The molecule has 2 rings (SSSR count). The van der Waals surface area contributed by atoms with Crippen LogP contribution in [-0.4, -0.2) is 41.4 Å². The molecule has 0 bridgehead atoms. The molecule has 1 aromatic rings. The molecule has 1 fully saturated rings. The Kier molecular flexibility index (Phi) is 6.94. The molecule has 1 saturated heterocycles. The maximum Gasteiger partial charge on any atom is 0.325 e. The summed E-state index contributed by atoms with van der Waals surface area (Å²) in [5, 5.41) is 11.7. The average molecular weight is 370 g/mol. The molecule has 27 heavy (non-hydrogen) atoms. The van der Waals surface area contributed by atoms with Crippen LogP contribution in [-0.2, 0) is 9.59 Å². The highest BCUT2D eigenvalue weighted by Gasteiger charge is 2.50. The first-order valence-corrected chi connectivity index (χ1v) is 9.35. The van der Waals surface area contributed by atoms with Crippen LogP contribution in [0.3, 0.4) is 0 Å². The van der Waals surface area contributed by atoms with Crippen LogP contribution in [0, 0.1) is 11.3 Å². The lowest BCUT2D eigenvalue weighted by Crippen LogP contribution is -2.48. The summed E-state index contributed by atoms with van der Waals surface area (Å²) in [6, 6.07) is 10.5. The van der Waals surface area contributed by atoms with Gasteiger partial charge in [-0.1, -0.05) is 44.9 Å². The van der Waals surface area contributed by atoms with Crippen molar-refractivity contribution in [3.8, 4) is 6.07 Å². The number of urea groups is 1. The molecule has 7 heteroatoms. The second-order valence-corrected chi connectivity index (χ2v) is 6.69. The van der Waals surface area contributed by atoms with E-state index in [0.717, 1.165) is 17.7 Å². The molecule has 144 valence electrons. The van der Waals surface area contributed by atoms with E-state index in [-0.39, 0.29) is 31.3 Å². The fourth-order valence-electron chi connectivity index (χ4n) is 3.53. The van der Waals surface area contributed by atoms with E-state index in [1.165, 1.54) is 4.90 Å². The predicted molar refractivity (Wildman–Crippen MR) is 102 cm³/mol. The van der Waals surface area contributed by atoms with E-state index in [1.807, 2.05) is 26.0 Å². The number of hydrogen-bond acceptors (Lipinski definition) is 4. The number of nitriles is 1. The van der Waals surface area contributed by atoms with Crippen LogP contribution in [0.2, 0.25) is 0 Å². The molecule has 1 aliphatic heterocycles. The molecule has 0 unspecified atom stereocenters. The van der Waals surface area contributed by atoms with Gasteiger partial charge in [-0.3, -0.25) is 14.5 Å². The first-order chi connectivity index (χ1) is 13.0. The Labute approximate surface area is 159 Å². The number of carbonyl (C=O) groups is 3. The number of nitrogens with zero attached hydrogens (tertiary/aromatic N) is 3. The minimum Gasteiger partial charge on any atom is -0.323 e. The zero-order valence-electron chi connectivity index (χ0n) is 15.9. The van der Waals surface area contributed by atoms with Gasteiger partial charge in [0.2, 0.25) is 5.91 Å². The van der Waals surface area contributed by atoms with E-state index in [9.17, 15) is 14.4 Å². The molecule has 1 N–H and O–H groups in total. The van der Waals surface area contributed by atoms with Crippen LogP contribution in [0.25, 0.3) is 0 Å². The maximum absolute atomic E-state index is 12.9. The molecule has 4 amide bonds. The Balaban J connectivity index is 2.20. The average Bonchev–Trinajstić information content (AvgIpc) is 2.88. The van der Waals surface area contributed by atoms with E-state index >= 15 is 0 Å². The van der Waals surface area contributed by atoms with Gasteiger partial charge in [-0.05, 0) is 25.0 Å². The maximum atomic E-state index is 12.9. The lowest BCUT2D eigenvalue weighted by atomic mass is 9.88. The normalized spacial score (nSPS) is 15.4. The molecule has 1 aliphatic rings. The number of benzene rings is 1. The van der Waals surface area contributed by atoms with Crippen LogP contribution in [0.5, 0.6) is 0 Å². The number of rotatable bonds is 9. The van der Waals surface area contributed by atoms with Crippen LogP contribution in [0.4, 0.5) is 10.5 Å². The molecular formula is C20H26N4O3. The van der Waals surface area contributed by atoms with E-state index in [1.54, 1.807) is 24.3 Å². The number of anilines is 1. The number of amides is 4. The van der Waals surface area contributed by atoms with Crippen molar-refractivity contribution in [3.63, 3.8) is 0 Å². The molecular weight excluding hydrogens is 344 g/mol. The van der Waals surface area contributed by atoms with Gasteiger partial charge in [0, 0.05) is 12.2 Å². The Morgan fingerprint density at radius 2 is 1.81 bits per heavy atom. The third-order valence-corrected chi connectivity index (χ3v) is 4.71. The van der Waals surface area contributed by atoms with Crippen molar-refractivity contribution in [2.24, 2.45) is 0 Å². The SMILES string of the molecule is CCCC1(CCC)NC(=O)N(CC(=O)N(CCC#N)c2ccccc2)C1=O. The van der Waals surface area contributed by atoms with Crippen molar-refractivity contribution in [3.05, 3.63) is 30.3 Å². The third-order valence-electron chi connectivity index (χ3n) is 4.71. The summed E-state index contributed by atoms with van der Waals surface area (Å²) >= 11 is 0. The molecule has 0 aromatic heterocycles. The van der Waals surface area contributed by atoms with Crippen molar-refractivity contribution in [1.29, 1.82) is 5.26 Å². The van der Waals surface area contributed by atoms with Gasteiger partial charge >= 0.3 is 6.03 Å². The zero-order valence-corrected chi connectivity index (χ0v) is 15.9. The monoisotopic (exact) mass is 370 g/mol. The number of nitrogens with one attached hydrogen (secondary N) is 1. The Bertz CT molecular complexity index is 720. The minimum absolute atomic E-state index is 0.163. The number of para-hydroxylation sites is 1. The van der Waals surface area contributed by atoms with Gasteiger partial charge in [0.05, 0.1) is 12.5 Å². The van der Waals surface area contributed by atoms with Crippen LogP contribution >= 0.6 is 0 Å². The van der Waals surface area contributed by atoms with Crippen molar-refractivity contribution < 1.29 is 14.4 Å². The molecule has 1 heterocycles. The lowest BCUT2D eigenvalue weighted by Gasteiger charge is -2.27. The standard InChI is InChI=1S/C20H26N4O3/c1-3-11-20(12-4-2)18(26)24(19(27)22-20)15-17(25)23(14-8-13-21)16-9-6-5-7-10-16/h5-7,9-10H,3-4,8,11-12,14-15H2,1-2H3,(H,22,27). The summed E-state index contributed by atoms with van der Waals surface area (Å²) in [5.74, 6) is -0.721. The quantitative estimate of drug-likeness (QED) is 0.676. The van der Waals surface area contributed by atoms with Gasteiger partial charge in [-0.15, -0.1) is 0 Å². The van der Waals surface area contributed by atoms with E-state index in [0.29, 0.717) is 18.5 Å². The van der Waals surface area contributed by atoms with Gasteiger partial charge in [-0.25, -0.2) is 4.79 Å². The Morgan fingerprint density at radius 3 is 2.37 bits per heavy atom. The Hall–Kier alpha value is -2.88. The lowest BCUT2D eigenvalue weighted by molar-refractivity contribution is -0.134. The van der Waals surface area contributed by atoms with Gasteiger partial charge in [0.1, 0.15) is 12.1 Å². The summed E-state index contributed by atoms with van der Waals surface area (Å²) in [6.07, 6.45) is 2.77. The van der Waals surface area contributed by atoms with Crippen LogP contribution in [0.15, 0.2) is 30.3 Å². The summed E-state index contributed by atoms with van der Waals surface area (Å²) in [4.78, 5) is 40.7. The fraction of sp³-hybridized carbons (Fsp3) is 0.500. The molecule has 7 nitrogen and oxygen atoms in total. The highest BCUT2D eigenvalue weighted by Crippen LogP contribution is 2.28. The predicted octanol–water partition coefficient (Wildman–Crippen LogP) is 2.82. The summed E-state index contributed by atoms with van der Waals surface area (Å²) in [7, 11) is 0.